The van der Waals surface area contributed by atoms with E-state index in [0.717, 1.165) is 17.1 Å². The molecule has 5 nitrogen and oxygen atoms in total. The summed E-state index contributed by atoms with van der Waals surface area (Å²) in [6.07, 6.45) is 0.635. The molecule has 1 amide bonds. The molecule has 0 aliphatic heterocycles. The molecule has 1 aromatic heterocycles. The molecule has 0 saturated carbocycles. The van der Waals surface area contributed by atoms with Crippen LogP contribution in [0.15, 0.2) is 84.0 Å². The van der Waals surface area contributed by atoms with Crippen LogP contribution in [-0.4, -0.2) is 26.4 Å². The Morgan fingerprint density at radius 2 is 1.55 bits per heavy atom. The maximum Gasteiger partial charge on any atom is 0.234 e. The van der Waals surface area contributed by atoms with Crippen molar-refractivity contribution in [2.75, 3.05) is 11.1 Å². The minimum absolute atomic E-state index is 0.167. The average Bonchev–Trinajstić information content (AvgIpc) is 3.15. The van der Waals surface area contributed by atoms with Gasteiger partial charge in [-0.05, 0) is 35.9 Å². The number of hydrogen-bond donors (Lipinski definition) is 1. The molecule has 4 rings (SSSR count). The van der Waals surface area contributed by atoms with Crippen LogP contribution in [0.2, 0.25) is 10.0 Å². The molecule has 0 fully saturated rings. The van der Waals surface area contributed by atoms with Crippen molar-refractivity contribution in [1.29, 1.82) is 0 Å². The fourth-order valence-electron chi connectivity index (χ4n) is 3.08. The molecule has 3 aromatic carbocycles. The number of halogens is 2. The Kier molecular flexibility index (Phi) is 6.92. The van der Waals surface area contributed by atoms with Crippen LogP contribution in [0.3, 0.4) is 0 Å². The third-order valence-electron chi connectivity index (χ3n) is 4.40. The molecule has 0 bridgehead atoms. The van der Waals surface area contributed by atoms with Crippen LogP contribution in [0.5, 0.6) is 0 Å². The van der Waals surface area contributed by atoms with Gasteiger partial charge in [0.15, 0.2) is 5.16 Å². The highest BCUT2D eigenvalue weighted by molar-refractivity contribution is 7.99. The molecule has 0 aliphatic carbocycles. The Morgan fingerprint density at radius 1 is 0.903 bits per heavy atom. The number of carbonyl (C=O) groups excluding carboxylic acids is 1. The standard InChI is InChI=1S/C23H18Cl2N4OS/c24-17-12-18(25)14-19(13-17)26-22(30)15-31-23-28-27-21(11-16-7-3-1-4-8-16)29(23)20-9-5-2-6-10-20/h1-10,12-14H,11,15H2,(H,26,30). The summed E-state index contributed by atoms with van der Waals surface area (Å²) in [5.41, 5.74) is 2.64. The molecule has 1 heterocycles. The Labute approximate surface area is 194 Å². The van der Waals surface area contributed by atoms with Crippen molar-refractivity contribution in [3.8, 4) is 5.69 Å². The third-order valence-corrected chi connectivity index (χ3v) is 5.76. The van der Waals surface area contributed by atoms with Gasteiger partial charge in [0.2, 0.25) is 5.91 Å². The Balaban J connectivity index is 1.53. The number of para-hydroxylation sites is 1. The number of carbonyl (C=O) groups is 1. The second kappa shape index (κ2) is 10.0. The van der Waals surface area contributed by atoms with Gasteiger partial charge in [0.05, 0.1) is 5.75 Å². The van der Waals surface area contributed by atoms with Crippen LogP contribution in [0.1, 0.15) is 11.4 Å². The highest BCUT2D eigenvalue weighted by Crippen LogP contribution is 2.25. The van der Waals surface area contributed by atoms with Gasteiger partial charge < -0.3 is 5.32 Å². The summed E-state index contributed by atoms with van der Waals surface area (Å²) in [5.74, 6) is 0.790. The lowest BCUT2D eigenvalue weighted by molar-refractivity contribution is -0.113. The van der Waals surface area contributed by atoms with Crippen molar-refractivity contribution in [2.45, 2.75) is 11.6 Å². The second-order valence-corrected chi connectivity index (χ2v) is 8.54. The molecule has 0 saturated heterocycles. The lowest BCUT2D eigenvalue weighted by atomic mass is 10.1. The van der Waals surface area contributed by atoms with Crippen LogP contribution in [0, 0.1) is 0 Å². The molecule has 156 valence electrons. The first-order chi connectivity index (χ1) is 15.1. The summed E-state index contributed by atoms with van der Waals surface area (Å²) in [6.45, 7) is 0. The quantitative estimate of drug-likeness (QED) is 0.343. The van der Waals surface area contributed by atoms with Gasteiger partial charge >= 0.3 is 0 Å². The summed E-state index contributed by atoms with van der Waals surface area (Å²) >= 11 is 13.3. The molecule has 4 aromatic rings. The lowest BCUT2D eigenvalue weighted by Crippen LogP contribution is -2.14. The van der Waals surface area contributed by atoms with E-state index in [1.807, 2.05) is 53.1 Å². The number of anilines is 1. The van der Waals surface area contributed by atoms with E-state index in [-0.39, 0.29) is 11.7 Å². The summed E-state index contributed by atoms with van der Waals surface area (Å²) in [7, 11) is 0. The minimum atomic E-state index is -0.185. The van der Waals surface area contributed by atoms with Crippen LogP contribution in [0.25, 0.3) is 5.69 Å². The first kappa shape index (κ1) is 21.4. The smallest absolute Gasteiger partial charge is 0.234 e. The maximum atomic E-state index is 12.5. The molecule has 0 radical (unpaired) electrons. The van der Waals surface area contributed by atoms with Gasteiger partial charge in [-0.1, -0.05) is 83.5 Å². The van der Waals surface area contributed by atoms with Gasteiger partial charge in [-0.3, -0.25) is 9.36 Å². The van der Waals surface area contributed by atoms with E-state index < -0.39 is 0 Å². The van der Waals surface area contributed by atoms with E-state index in [0.29, 0.717) is 27.3 Å². The van der Waals surface area contributed by atoms with E-state index in [2.05, 4.69) is 27.6 Å². The Hall–Kier alpha value is -2.80. The van der Waals surface area contributed by atoms with Gasteiger partial charge in [-0.2, -0.15) is 0 Å². The number of amides is 1. The third kappa shape index (κ3) is 5.67. The average molecular weight is 469 g/mol. The maximum absolute atomic E-state index is 12.5. The predicted molar refractivity (Wildman–Crippen MR) is 126 cm³/mol. The molecular weight excluding hydrogens is 451 g/mol. The summed E-state index contributed by atoms with van der Waals surface area (Å²) in [4.78, 5) is 12.5. The first-order valence-electron chi connectivity index (χ1n) is 9.51. The van der Waals surface area contributed by atoms with Crippen molar-refractivity contribution in [3.05, 3.63) is 100 Å². The zero-order chi connectivity index (χ0) is 21.6. The molecule has 0 unspecified atom stereocenters. The van der Waals surface area contributed by atoms with Crippen molar-refractivity contribution >= 4 is 46.6 Å². The van der Waals surface area contributed by atoms with Crippen LogP contribution in [-0.2, 0) is 11.2 Å². The monoisotopic (exact) mass is 468 g/mol. The predicted octanol–water partition coefficient (Wildman–Crippen LogP) is 5.90. The molecule has 1 N–H and O–H groups in total. The van der Waals surface area contributed by atoms with Gasteiger partial charge in [-0.15, -0.1) is 10.2 Å². The molecule has 31 heavy (non-hydrogen) atoms. The van der Waals surface area contributed by atoms with E-state index in [4.69, 9.17) is 23.2 Å². The van der Waals surface area contributed by atoms with Crippen molar-refractivity contribution in [2.24, 2.45) is 0 Å². The fourth-order valence-corrected chi connectivity index (χ4v) is 4.37. The van der Waals surface area contributed by atoms with Gasteiger partial charge in [0, 0.05) is 27.8 Å². The number of rotatable bonds is 7. The van der Waals surface area contributed by atoms with Gasteiger partial charge in [0.1, 0.15) is 5.82 Å². The SMILES string of the molecule is O=C(CSc1nnc(Cc2ccccc2)n1-c1ccccc1)Nc1cc(Cl)cc(Cl)c1. The largest absolute Gasteiger partial charge is 0.325 e. The number of hydrogen-bond acceptors (Lipinski definition) is 4. The van der Waals surface area contributed by atoms with Crippen molar-refractivity contribution in [1.82, 2.24) is 14.8 Å². The Bertz CT molecular complexity index is 1160. The van der Waals surface area contributed by atoms with E-state index >= 15 is 0 Å². The molecule has 8 heteroatoms. The zero-order valence-corrected chi connectivity index (χ0v) is 18.7. The number of aromatic nitrogens is 3. The molecule has 0 aliphatic rings. The van der Waals surface area contributed by atoms with Gasteiger partial charge in [-0.25, -0.2) is 0 Å². The van der Waals surface area contributed by atoms with Crippen LogP contribution >= 0.6 is 35.0 Å². The van der Waals surface area contributed by atoms with E-state index in [1.54, 1.807) is 18.2 Å². The molecular formula is C23H18Cl2N4OS. The van der Waals surface area contributed by atoms with Crippen LogP contribution in [0.4, 0.5) is 5.69 Å². The summed E-state index contributed by atoms with van der Waals surface area (Å²) in [6, 6.07) is 24.9. The number of benzene rings is 3. The van der Waals surface area contributed by atoms with E-state index in [1.165, 1.54) is 11.8 Å². The first-order valence-corrected chi connectivity index (χ1v) is 11.2. The minimum Gasteiger partial charge on any atom is -0.325 e. The highest BCUT2D eigenvalue weighted by Gasteiger charge is 2.16. The number of nitrogens with one attached hydrogen (secondary N) is 1. The fraction of sp³-hybridized carbons (Fsp3) is 0.0870. The summed E-state index contributed by atoms with van der Waals surface area (Å²) < 4.78 is 1.99. The topological polar surface area (TPSA) is 59.8 Å². The lowest BCUT2D eigenvalue weighted by Gasteiger charge is -2.10. The highest BCUT2D eigenvalue weighted by atomic mass is 35.5. The van der Waals surface area contributed by atoms with Crippen LogP contribution < -0.4 is 5.32 Å². The van der Waals surface area contributed by atoms with E-state index in [9.17, 15) is 4.79 Å². The van der Waals surface area contributed by atoms with Crippen molar-refractivity contribution in [3.63, 3.8) is 0 Å². The van der Waals surface area contributed by atoms with Gasteiger partial charge in [0.25, 0.3) is 0 Å². The summed E-state index contributed by atoms with van der Waals surface area (Å²) in [5, 5.41) is 13.1. The zero-order valence-electron chi connectivity index (χ0n) is 16.3. The van der Waals surface area contributed by atoms with Crippen molar-refractivity contribution < 1.29 is 4.79 Å². The molecule has 0 spiro atoms. The number of thioether (sulfide) groups is 1. The second-order valence-electron chi connectivity index (χ2n) is 6.73. The number of nitrogens with zero attached hydrogens (tertiary/aromatic N) is 3. The Morgan fingerprint density at radius 3 is 2.23 bits per heavy atom. The normalized spacial score (nSPS) is 10.8. The molecule has 0 atom stereocenters.